The molecule has 0 radical (unpaired) electrons. The molecule has 0 saturated carbocycles. The second kappa shape index (κ2) is 7.14. The smallest absolute Gasteiger partial charge is 0.253 e. The van der Waals surface area contributed by atoms with Gasteiger partial charge in [0.15, 0.2) is 5.60 Å². The summed E-state index contributed by atoms with van der Waals surface area (Å²) in [5.74, 6) is 1.18. The largest absolute Gasteiger partial charge is 0.379 e. The topological polar surface area (TPSA) is 49.3 Å². The van der Waals surface area contributed by atoms with Crippen molar-refractivity contribution in [1.29, 1.82) is 0 Å². The summed E-state index contributed by atoms with van der Waals surface area (Å²) in [6, 6.07) is 10.3. The van der Waals surface area contributed by atoms with E-state index in [1.807, 2.05) is 18.2 Å². The van der Waals surface area contributed by atoms with Gasteiger partial charge in [0, 0.05) is 11.8 Å². The minimum absolute atomic E-state index is 0.101. The minimum Gasteiger partial charge on any atom is -0.379 e. The van der Waals surface area contributed by atoms with Crippen molar-refractivity contribution in [3.05, 3.63) is 35.9 Å². The van der Waals surface area contributed by atoms with Crippen LogP contribution in [0, 0.1) is 0 Å². The summed E-state index contributed by atoms with van der Waals surface area (Å²) in [7, 11) is 0. The van der Waals surface area contributed by atoms with Crippen LogP contribution in [0.25, 0.3) is 0 Å². The molecule has 2 atom stereocenters. The molecule has 1 aromatic rings. The van der Waals surface area contributed by atoms with Crippen LogP contribution in [0.2, 0.25) is 0 Å². The lowest BCUT2D eigenvalue weighted by Gasteiger charge is -2.25. The van der Waals surface area contributed by atoms with Gasteiger partial charge in [-0.05, 0) is 30.6 Å². The summed E-state index contributed by atoms with van der Waals surface area (Å²) in [5, 5.41) is 13.4. The molecule has 1 fully saturated rings. The fourth-order valence-electron chi connectivity index (χ4n) is 2.53. The molecule has 2 N–H and O–H groups in total. The number of amides is 1. The monoisotopic (exact) mass is 293 g/mol. The first kappa shape index (κ1) is 15.4. The van der Waals surface area contributed by atoms with Crippen LogP contribution < -0.4 is 5.32 Å². The van der Waals surface area contributed by atoms with E-state index < -0.39 is 5.60 Å². The zero-order chi connectivity index (χ0) is 14.4. The number of carbonyl (C=O) groups excluding carboxylic acids is 1. The Kier molecular flexibility index (Phi) is 5.49. The van der Waals surface area contributed by atoms with Crippen molar-refractivity contribution < 1.29 is 9.90 Å². The molecule has 0 bridgehead atoms. The molecule has 1 aliphatic heterocycles. The van der Waals surface area contributed by atoms with Crippen molar-refractivity contribution in [3.63, 3.8) is 0 Å². The zero-order valence-corrected chi connectivity index (χ0v) is 12.8. The van der Waals surface area contributed by atoms with E-state index in [2.05, 4.69) is 24.4 Å². The average Bonchev–Trinajstić information content (AvgIpc) is 2.88. The van der Waals surface area contributed by atoms with E-state index in [4.69, 9.17) is 0 Å². The van der Waals surface area contributed by atoms with Gasteiger partial charge in [-0.15, -0.1) is 0 Å². The summed E-state index contributed by atoms with van der Waals surface area (Å²) in [6.07, 6.45) is 3.34. The summed E-state index contributed by atoms with van der Waals surface area (Å²) in [6.45, 7) is 2.12. The predicted molar refractivity (Wildman–Crippen MR) is 83.9 cm³/mol. The quantitative estimate of drug-likeness (QED) is 0.846. The van der Waals surface area contributed by atoms with Gasteiger partial charge in [-0.1, -0.05) is 43.7 Å². The number of rotatable bonds is 6. The lowest BCUT2D eigenvalue weighted by molar-refractivity contribution is -0.138. The molecular weight excluding hydrogens is 270 g/mol. The van der Waals surface area contributed by atoms with Gasteiger partial charge in [-0.2, -0.15) is 11.8 Å². The normalized spacial score (nSPS) is 23.5. The SMILES string of the molecule is CCCC(Cc1ccccc1)NC(=O)C1(O)CCSC1. The van der Waals surface area contributed by atoms with E-state index in [1.54, 1.807) is 11.8 Å². The van der Waals surface area contributed by atoms with E-state index in [9.17, 15) is 9.90 Å². The summed E-state index contributed by atoms with van der Waals surface area (Å²) in [4.78, 5) is 12.3. The van der Waals surface area contributed by atoms with Crippen molar-refractivity contribution >= 4 is 17.7 Å². The Morgan fingerprint density at radius 3 is 2.80 bits per heavy atom. The number of thioether (sulfide) groups is 1. The van der Waals surface area contributed by atoms with Crippen LogP contribution >= 0.6 is 11.8 Å². The van der Waals surface area contributed by atoms with Crippen LogP contribution in [0.1, 0.15) is 31.7 Å². The fourth-order valence-corrected chi connectivity index (χ4v) is 3.76. The van der Waals surface area contributed by atoms with Crippen LogP contribution in [-0.4, -0.2) is 34.2 Å². The van der Waals surface area contributed by atoms with Gasteiger partial charge in [0.2, 0.25) is 0 Å². The lowest BCUT2D eigenvalue weighted by Crippen LogP contribution is -2.51. The van der Waals surface area contributed by atoms with Gasteiger partial charge in [0.1, 0.15) is 0 Å². The van der Waals surface area contributed by atoms with Gasteiger partial charge in [0.05, 0.1) is 0 Å². The molecule has 4 heteroatoms. The van der Waals surface area contributed by atoms with E-state index >= 15 is 0 Å². The number of aliphatic hydroxyl groups is 1. The zero-order valence-electron chi connectivity index (χ0n) is 12.0. The van der Waals surface area contributed by atoms with Crippen LogP contribution in [0.4, 0.5) is 0 Å². The van der Waals surface area contributed by atoms with Crippen LogP contribution in [-0.2, 0) is 11.2 Å². The van der Waals surface area contributed by atoms with Gasteiger partial charge >= 0.3 is 0 Å². The third kappa shape index (κ3) is 4.00. The standard InChI is InChI=1S/C16H23NO2S/c1-2-6-14(11-13-7-4-3-5-8-13)17-15(18)16(19)9-10-20-12-16/h3-5,7-8,14,19H,2,6,9-12H2,1H3,(H,17,18). The van der Waals surface area contributed by atoms with Crippen molar-refractivity contribution in [3.8, 4) is 0 Å². The molecule has 2 unspecified atom stereocenters. The number of hydrogen-bond acceptors (Lipinski definition) is 3. The molecule has 1 aliphatic rings. The Labute approximate surface area is 125 Å². The molecule has 2 rings (SSSR count). The second-order valence-electron chi connectivity index (χ2n) is 5.48. The first-order chi connectivity index (χ1) is 9.64. The van der Waals surface area contributed by atoms with Crippen LogP contribution in [0.15, 0.2) is 30.3 Å². The maximum Gasteiger partial charge on any atom is 0.253 e. The minimum atomic E-state index is -1.16. The van der Waals surface area contributed by atoms with E-state index in [0.717, 1.165) is 25.0 Å². The molecule has 20 heavy (non-hydrogen) atoms. The Morgan fingerprint density at radius 2 is 2.20 bits per heavy atom. The maximum absolute atomic E-state index is 12.3. The number of nitrogens with one attached hydrogen (secondary N) is 1. The Hall–Kier alpha value is -1.000. The highest BCUT2D eigenvalue weighted by molar-refractivity contribution is 7.99. The molecule has 1 amide bonds. The van der Waals surface area contributed by atoms with Gasteiger partial charge < -0.3 is 10.4 Å². The van der Waals surface area contributed by atoms with Crippen molar-refractivity contribution in [2.75, 3.05) is 11.5 Å². The molecule has 3 nitrogen and oxygen atoms in total. The predicted octanol–water partition coefficient (Wildman–Crippen LogP) is 2.38. The first-order valence-electron chi connectivity index (χ1n) is 7.29. The Morgan fingerprint density at radius 1 is 1.45 bits per heavy atom. The van der Waals surface area contributed by atoms with Gasteiger partial charge in [-0.3, -0.25) is 4.79 Å². The molecule has 1 aromatic carbocycles. The maximum atomic E-state index is 12.3. The summed E-state index contributed by atoms with van der Waals surface area (Å²) < 4.78 is 0. The lowest BCUT2D eigenvalue weighted by atomic mass is 9.98. The van der Waals surface area contributed by atoms with Gasteiger partial charge in [0.25, 0.3) is 5.91 Å². The molecule has 0 aromatic heterocycles. The first-order valence-corrected chi connectivity index (χ1v) is 8.44. The number of carbonyl (C=O) groups is 1. The highest BCUT2D eigenvalue weighted by Gasteiger charge is 2.40. The second-order valence-corrected chi connectivity index (χ2v) is 6.59. The van der Waals surface area contributed by atoms with Gasteiger partial charge in [-0.25, -0.2) is 0 Å². The van der Waals surface area contributed by atoms with Crippen molar-refractivity contribution in [1.82, 2.24) is 5.32 Å². The molecule has 0 spiro atoms. The van der Waals surface area contributed by atoms with Crippen LogP contribution in [0.3, 0.4) is 0 Å². The summed E-state index contributed by atoms with van der Waals surface area (Å²) in [5.41, 5.74) is 0.0620. The van der Waals surface area contributed by atoms with Crippen LogP contribution in [0.5, 0.6) is 0 Å². The Bertz CT molecular complexity index is 429. The molecule has 110 valence electrons. The van der Waals surface area contributed by atoms with Crippen molar-refractivity contribution in [2.45, 2.75) is 44.2 Å². The molecular formula is C16H23NO2S. The van der Waals surface area contributed by atoms with Crippen molar-refractivity contribution in [2.24, 2.45) is 0 Å². The molecule has 1 heterocycles. The van der Waals surface area contributed by atoms with E-state index in [-0.39, 0.29) is 11.9 Å². The third-order valence-corrected chi connectivity index (χ3v) is 4.90. The highest BCUT2D eigenvalue weighted by atomic mass is 32.2. The van der Waals surface area contributed by atoms with E-state index in [0.29, 0.717) is 12.2 Å². The number of benzene rings is 1. The molecule has 1 saturated heterocycles. The average molecular weight is 293 g/mol. The highest BCUT2D eigenvalue weighted by Crippen LogP contribution is 2.28. The Balaban J connectivity index is 1.96. The number of hydrogen-bond donors (Lipinski definition) is 2. The third-order valence-electron chi connectivity index (χ3n) is 3.72. The van der Waals surface area contributed by atoms with E-state index in [1.165, 1.54) is 5.56 Å². The molecule has 0 aliphatic carbocycles. The fraction of sp³-hybridized carbons (Fsp3) is 0.562. The summed E-state index contributed by atoms with van der Waals surface area (Å²) >= 11 is 1.64.